The predicted molar refractivity (Wildman–Crippen MR) is 204 cm³/mol. The standard InChI is InChI=1S/C42H60O2S2.Zr/c1-39(2,3)21-19-29-23-33(41(7,8)9)25-31(37(29)43)27-45-35-17-15-13-14-16-18-36(35)46-28-32-26-34(42(10,11)12)24-30(38(32)44)20-22-40(4,5)6;/h23-26,35-36,43-44H,13-18,27-28H2,1-12H3;/t35-,36?;/m0./s1. The van der Waals surface area contributed by atoms with E-state index in [9.17, 15) is 10.2 Å². The first-order valence-electron chi connectivity index (χ1n) is 17.6. The zero-order chi connectivity index (χ0) is 34.9. The Hall–Kier alpha value is -1.26. The minimum absolute atomic E-state index is 0.0182. The number of hydrogen-bond acceptors (Lipinski definition) is 2. The molecule has 1 aliphatic carbocycles. The van der Waals surface area contributed by atoms with Gasteiger partial charge in [0.05, 0.1) is 0 Å². The Kier molecular flexibility index (Phi) is 12.2. The summed E-state index contributed by atoms with van der Waals surface area (Å²) in [7, 11) is 0.646. The van der Waals surface area contributed by atoms with Gasteiger partial charge >= 0.3 is 302 Å². The summed E-state index contributed by atoms with van der Waals surface area (Å²) in [5.74, 6) is 16.3. The van der Waals surface area contributed by atoms with E-state index in [-0.39, 0.29) is 21.7 Å². The van der Waals surface area contributed by atoms with E-state index in [2.05, 4.69) is 131 Å². The summed E-state index contributed by atoms with van der Waals surface area (Å²) in [6.07, 6.45) is 8.00. The Morgan fingerprint density at radius 1 is 0.596 bits per heavy atom. The van der Waals surface area contributed by atoms with E-state index in [1.54, 1.807) is 0 Å². The molecule has 1 saturated carbocycles. The SMILES string of the molecule is CC(C)(C)C#Cc1cc(C(C)(C)C)cc(C[S]2=[Zr]=[S](Cc3cc(C(C)(C)C)cc(C#CC(C)(C)C)c3O)[C@H]3CCCCCCC32)c1O. The molecule has 3 unspecified atom stereocenters. The van der Waals surface area contributed by atoms with Gasteiger partial charge in [-0.2, -0.15) is 0 Å². The summed E-state index contributed by atoms with van der Waals surface area (Å²) >= 11 is -0.852. The molecule has 2 N–H and O–H groups in total. The van der Waals surface area contributed by atoms with Crippen LogP contribution in [0.3, 0.4) is 0 Å². The molecule has 1 heterocycles. The molecular weight excluding hydrogens is 692 g/mol. The number of hydrogen-bond donors (Lipinski definition) is 2. The Labute approximate surface area is 299 Å². The quantitative estimate of drug-likeness (QED) is 0.305. The van der Waals surface area contributed by atoms with Gasteiger partial charge in [0.15, 0.2) is 0 Å². The monoisotopic (exact) mass is 750 g/mol. The third kappa shape index (κ3) is 10.6. The molecule has 0 spiro atoms. The molecule has 5 heteroatoms. The van der Waals surface area contributed by atoms with Gasteiger partial charge in [0.25, 0.3) is 0 Å². The molecule has 0 radical (unpaired) electrons. The van der Waals surface area contributed by atoms with E-state index in [0.717, 1.165) is 44.3 Å². The van der Waals surface area contributed by atoms with E-state index < -0.39 is 19.2 Å². The van der Waals surface area contributed by atoms with Crippen LogP contribution >= 0.6 is 14.2 Å². The van der Waals surface area contributed by atoms with Gasteiger partial charge < -0.3 is 0 Å². The van der Waals surface area contributed by atoms with Crippen LogP contribution < -0.4 is 0 Å². The van der Waals surface area contributed by atoms with Crippen molar-refractivity contribution in [3.8, 4) is 35.2 Å². The molecular formula is C42H60O2S2Zr. The molecule has 4 atom stereocenters. The van der Waals surface area contributed by atoms with Crippen LogP contribution in [0.5, 0.6) is 11.5 Å². The number of phenols is 2. The average Bonchev–Trinajstić information content (AvgIpc) is 3.21. The summed E-state index contributed by atoms with van der Waals surface area (Å²) < 4.78 is 0. The van der Waals surface area contributed by atoms with Gasteiger partial charge in [-0.05, 0) is 0 Å². The second kappa shape index (κ2) is 14.9. The molecule has 0 amide bonds. The first kappa shape index (κ1) is 38.5. The molecule has 256 valence electrons. The van der Waals surface area contributed by atoms with Crippen molar-refractivity contribution in [2.45, 2.75) is 154 Å². The fraction of sp³-hybridized carbons (Fsp3) is 0.619. The van der Waals surface area contributed by atoms with Gasteiger partial charge in [-0.3, -0.25) is 0 Å². The molecule has 1 fully saturated rings. The molecule has 4 rings (SSSR count). The van der Waals surface area contributed by atoms with Crippen LogP contribution in [0.4, 0.5) is 0 Å². The second-order valence-corrected chi connectivity index (χ2v) is 33.5. The Morgan fingerprint density at radius 3 is 1.28 bits per heavy atom. The zero-order valence-electron chi connectivity index (χ0n) is 31.3. The summed E-state index contributed by atoms with van der Waals surface area (Å²) in [5.41, 5.74) is 6.04. The van der Waals surface area contributed by atoms with Gasteiger partial charge in [0.1, 0.15) is 0 Å². The minimum atomic E-state index is -0.852. The van der Waals surface area contributed by atoms with Gasteiger partial charge in [-0.1, -0.05) is 0 Å². The molecule has 0 bridgehead atoms. The normalized spacial score (nSPS) is 22.0. The van der Waals surface area contributed by atoms with E-state index in [1.165, 1.54) is 49.7 Å². The molecule has 2 aliphatic rings. The van der Waals surface area contributed by atoms with Crippen molar-refractivity contribution >= 4 is 14.2 Å². The summed E-state index contributed by atoms with van der Waals surface area (Å²) in [6, 6.07) is 8.86. The van der Waals surface area contributed by atoms with Gasteiger partial charge in [0.2, 0.25) is 0 Å². The van der Waals surface area contributed by atoms with E-state index in [1.807, 2.05) is 0 Å². The molecule has 47 heavy (non-hydrogen) atoms. The zero-order valence-corrected chi connectivity index (χ0v) is 35.4. The van der Waals surface area contributed by atoms with Crippen LogP contribution in [0.25, 0.3) is 0 Å². The molecule has 0 saturated heterocycles. The van der Waals surface area contributed by atoms with Crippen molar-refractivity contribution in [1.82, 2.24) is 0 Å². The maximum atomic E-state index is 11.7. The number of aromatic hydroxyl groups is 2. The van der Waals surface area contributed by atoms with Crippen molar-refractivity contribution in [2.75, 3.05) is 0 Å². The number of benzene rings is 2. The Morgan fingerprint density at radius 2 is 0.957 bits per heavy atom. The molecule has 2 nitrogen and oxygen atoms in total. The fourth-order valence-corrected chi connectivity index (χ4v) is 35.0. The fourth-order valence-electron chi connectivity index (χ4n) is 6.11. The first-order valence-corrected chi connectivity index (χ1v) is 26.5. The third-order valence-corrected chi connectivity index (χ3v) is 30.7. The summed E-state index contributed by atoms with van der Waals surface area (Å²) in [4.78, 5) is 0. The van der Waals surface area contributed by atoms with Crippen LogP contribution in [0, 0.1) is 34.5 Å². The average molecular weight is 752 g/mol. The molecule has 2 aromatic rings. The van der Waals surface area contributed by atoms with Gasteiger partial charge in [-0.25, -0.2) is 0 Å². The Balaban J connectivity index is 1.86. The Bertz CT molecular complexity index is 1570. The molecule has 2 aromatic carbocycles. The van der Waals surface area contributed by atoms with Crippen molar-refractivity contribution in [1.29, 1.82) is 0 Å². The number of phenolic OH excluding ortho intramolecular Hbond substituents is 2. The second-order valence-electron chi connectivity index (χ2n) is 17.9. The third-order valence-electron chi connectivity index (χ3n) is 8.96. The van der Waals surface area contributed by atoms with E-state index in [4.69, 9.17) is 0 Å². The first-order chi connectivity index (χ1) is 21.6. The van der Waals surface area contributed by atoms with E-state index >= 15 is 0 Å². The molecule has 1 aliphatic heterocycles. The van der Waals surface area contributed by atoms with Crippen molar-refractivity contribution in [3.05, 3.63) is 57.6 Å². The van der Waals surface area contributed by atoms with Crippen LogP contribution in [0.15, 0.2) is 24.3 Å². The van der Waals surface area contributed by atoms with Crippen LogP contribution in [0.1, 0.15) is 155 Å². The number of fused-ring (bicyclic) bond motifs is 1. The van der Waals surface area contributed by atoms with Crippen LogP contribution in [0.2, 0.25) is 0 Å². The van der Waals surface area contributed by atoms with Gasteiger partial charge in [0, 0.05) is 0 Å². The summed E-state index contributed by atoms with van der Waals surface area (Å²) in [6.45, 7) is 26.3. The van der Waals surface area contributed by atoms with Crippen molar-refractivity contribution < 1.29 is 29.4 Å². The van der Waals surface area contributed by atoms with Crippen LogP contribution in [-0.4, -0.2) is 20.7 Å². The van der Waals surface area contributed by atoms with E-state index in [0.29, 0.717) is 25.7 Å². The predicted octanol–water partition coefficient (Wildman–Crippen LogP) is 11.7. The van der Waals surface area contributed by atoms with Crippen molar-refractivity contribution in [2.24, 2.45) is 10.8 Å². The molecule has 0 aromatic heterocycles. The summed E-state index contributed by atoms with van der Waals surface area (Å²) in [5, 5.41) is 24.9. The van der Waals surface area contributed by atoms with Crippen molar-refractivity contribution in [3.63, 3.8) is 0 Å². The number of rotatable bonds is 4. The topological polar surface area (TPSA) is 40.5 Å². The van der Waals surface area contributed by atoms with Crippen LogP contribution in [-0.2, 0) is 41.5 Å². The maximum absolute atomic E-state index is 11.7. The van der Waals surface area contributed by atoms with Gasteiger partial charge in [-0.15, -0.1) is 0 Å².